The van der Waals surface area contributed by atoms with Crippen molar-refractivity contribution in [2.45, 2.75) is 53.1 Å². The van der Waals surface area contributed by atoms with Crippen LogP contribution in [0.4, 0.5) is 0 Å². The van der Waals surface area contributed by atoms with E-state index in [1.54, 1.807) is 0 Å². The van der Waals surface area contributed by atoms with Crippen LogP contribution in [0.15, 0.2) is 22.8 Å². The summed E-state index contributed by atoms with van der Waals surface area (Å²) in [6.07, 6.45) is 4.30. The van der Waals surface area contributed by atoms with E-state index in [-0.39, 0.29) is 0 Å². The Bertz CT molecular complexity index is 331. The van der Waals surface area contributed by atoms with Gasteiger partial charge in [-0.05, 0) is 46.8 Å². The molecule has 0 aromatic carbocycles. The van der Waals surface area contributed by atoms with E-state index in [1.807, 2.05) is 6.20 Å². The van der Waals surface area contributed by atoms with Gasteiger partial charge in [0.05, 0.1) is 5.69 Å². The first-order valence-corrected chi connectivity index (χ1v) is 7.70. The minimum absolute atomic E-state index is 0.665. The Hall–Kier alpha value is -0.410. The van der Waals surface area contributed by atoms with Crippen LogP contribution in [0.2, 0.25) is 0 Å². The first-order valence-electron chi connectivity index (χ1n) is 6.91. The van der Waals surface area contributed by atoms with Gasteiger partial charge in [-0.3, -0.25) is 9.88 Å². The largest absolute Gasteiger partial charge is 0.294 e. The van der Waals surface area contributed by atoms with Crippen molar-refractivity contribution in [2.75, 3.05) is 6.54 Å². The molecule has 1 aromatic heterocycles. The van der Waals surface area contributed by atoms with E-state index in [0.29, 0.717) is 12.0 Å². The Labute approximate surface area is 120 Å². The van der Waals surface area contributed by atoms with E-state index < -0.39 is 0 Å². The smallest absolute Gasteiger partial charge is 0.0544 e. The van der Waals surface area contributed by atoms with Crippen molar-refractivity contribution in [3.05, 3.63) is 28.5 Å². The van der Waals surface area contributed by atoms with E-state index in [9.17, 15) is 0 Å². The molecule has 0 spiro atoms. The molecule has 0 unspecified atom stereocenters. The average molecular weight is 313 g/mol. The van der Waals surface area contributed by atoms with Gasteiger partial charge >= 0.3 is 0 Å². The maximum atomic E-state index is 4.49. The van der Waals surface area contributed by atoms with Crippen molar-refractivity contribution in [3.8, 4) is 0 Å². The molecule has 0 radical (unpaired) electrons. The lowest BCUT2D eigenvalue weighted by atomic mass is 10.1. The number of rotatable bonds is 7. The molecular formula is C15H25BrN2. The van der Waals surface area contributed by atoms with E-state index in [2.05, 4.69) is 65.6 Å². The Morgan fingerprint density at radius 2 is 1.89 bits per heavy atom. The molecule has 0 atom stereocenters. The van der Waals surface area contributed by atoms with Crippen LogP contribution in [0, 0.1) is 5.92 Å². The van der Waals surface area contributed by atoms with Gasteiger partial charge in [0.1, 0.15) is 0 Å². The van der Waals surface area contributed by atoms with Crippen LogP contribution >= 0.6 is 15.9 Å². The number of aromatic nitrogens is 1. The van der Waals surface area contributed by atoms with Crippen molar-refractivity contribution in [1.82, 2.24) is 9.88 Å². The van der Waals surface area contributed by atoms with Crippen LogP contribution in [0.25, 0.3) is 0 Å². The molecule has 1 heterocycles. The monoisotopic (exact) mass is 312 g/mol. The molecule has 1 aromatic rings. The average Bonchev–Trinajstić information content (AvgIpc) is 2.33. The summed E-state index contributed by atoms with van der Waals surface area (Å²) in [5.41, 5.74) is 1.16. The Balaban J connectivity index is 2.73. The van der Waals surface area contributed by atoms with Crippen LogP contribution in [-0.4, -0.2) is 22.5 Å². The third-order valence-electron chi connectivity index (χ3n) is 3.21. The van der Waals surface area contributed by atoms with Gasteiger partial charge < -0.3 is 0 Å². The van der Waals surface area contributed by atoms with Crippen molar-refractivity contribution in [1.29, 1.82) is 0 Å². The molecule has 102 valence electrons. The van der Waals surface area contributed by atoms with Crippen LogP contribution in [0.5, 0.6) is 0 Å². The summed E-state index contributed by atoms with van der Waals surface area (Å²) in [4.78, 5) is 7.06. The summed E-state index contributed by atoms with van der Waals surface area (Å²) in [5.74, 6) is 0.695. The number of hydrogen-bond acceptors (Lipinski definition) is 2. The highest BCUT2D eigenvalue weighted by molar-refractivity contribution is 9.10. The van der Waals surface area contributed by atoms with Crippen LogP contribution < -0.4 is 0 Å². The highest BCUT2D eigenvalue weighted by Crippen LogP contribution is 2.16. The number of hydrogen-bond donors (Lipinski definition) is 0. The van der Waals surface area contributed by atoms with Gasteiger partial charge in [-0.2, -0.15) is 0 Å². The second kappa shape index (κ2) is 7.90. The molecule has 0 saturated heterocycles. The second-order valence-electron chi connectivity index (χ2n) is 5.26. The zero-order valence-electron chi connectivity index (χ0n) is 12.0. The fourth-order valence-corrected chi connectivity index (χ4v) is 2.56. The van der Waals surface area contributed by atoms with E-state index >= 15 is 0 Å². The normalized spacial score (nSPS) is 11.8. The van der Waals surface area contributed by atoms with Gasteiger partial charge in [0, 0.05) is 29.8 Å². The molecule has 0 aliphatic carbocycles. The minimum atomic E-state index is 0.665. The molecule has 0 bridgehead atoms. The summed E-state index contributed by atoms with van der Waals surface area (Å²) >= 11 is 3.43. The summed E-state index contributed by atoms with van der Waals surface area (Å²) in [5, 5.41) is 0. The molecule has 0 aliphatic heterocycles. The first-order chi connectivity index (χ1) is 8.56. The van der Waals surface area contributed by atoms with E-state index in [1.165, 1.54) is 12.8 Å². The predicted octanol–water partition coefficient (Wildman–Crippen LogP) is 4.49. The zero-order chi connectivity index (χ0) is 13.5. The molecule has 1 rings (SSSR count). The first kappa shape index (κ1) is 15.6. The Kier molecular flexibility index (Phi) is 6.87. The van der Waals surface area contributed by atoms with Gasteiger partial charge in [-0.25, -0.2) is 0 Å². The lowest BCUT2D eigenvalue weighted by Gasteiger charge is -2.31. The second-order valence-corrected chi connectivity index (χ2v) is 6.18. The molecule has 0 N–H and O–H groups in total. The Morgan fingerprint density at radius 1 is 1.22 bits per heavy atom. The van der Waals surface area contributed by atoms with Gasteiger partial charge in [0.15, 0.2) is 0 Å². The van der Waals surface area contributed by atoms with E-state index in [0.717, 1.165) is 23.3 Å². The lowest BCUT2D eigenvalue weighted by molar-refractivity contribution is 0.155. The number of pyridine rings is 1. The fraction of sp³-hybridized carbons (Fsp3) is 0.667. The molecule has 18 heavy (non-hydrogen) atoms. The zero-order valence-corrected chi connectivity index (χ0v) is 13.6. The highest BCUT2D eigenvalue weighted by atomic mass is 79.9. The summed E-state index contributed by atoms with van der Waals surface area (Å²) in [6.45, 7) is 11.2. The minimum Gasteiger partial charge on any atom is -0.294 e. The van der Waals surface area contributed by atoms with Gasteiger partial charge in [0.2, 0.25) is 0 Å². The van der Waals surface area contributed by atoms with Crippen molar-refractivity contribution >= 4 is 15.9 Å². The van der Waals surface area contributed by atoms with Crippen LogP contribution in [0.3, 0.4) is 0 Å². The standard InChI is InChI=1S/C15H25BrN2/c1-5-15(6-2)18(10-12(3)4)11-14-8-7-13(16)9-17-14/h7-9,12,15H,5-6,10-11H2,1-4H3. The topological polar surface area (TPSA) is 16.1 Å². The third kappa shape index (κ3) is 5.07. The molecule has 0 fully saturated rings. The fourth-order valence-electron chi connectivity index (χ4n) is 2.32. The summed E-state index contributed by atoms with van der Waals surface area (Å²) in [7, 11) is 0. The Morgan fingerprint density at radius 3 is 2.33 bits per heavy atom. The molecule has 0 aliphatic rings. The SMILES string of the molecule is CCC(CC)N(Cc1ccc(Br)cn1)CC(C)C. The maximum absolute atomic E-state index is 4.49. The van der Waals surface area contributed by atoms with Crippen LogP contribution in [-0.2, 0) is 6.54 Å². The van der Waals surface area contributed by atoms with Gasteiger partial charge in [-0.1, -0.05) is 27.7 Å². The van der Waals surface area contributed by atoms with Crippen molar-refractivity contribution < 1.29 is 0 Å². The maximum Gasteiger partial charge on any atom is 0.0544 e. The molecule has 2 nitrogen and oxygen atoms in total. The quantitative estimate of drug-likeness (QED) is 0.737. The summed E-state index contributed by atoms with van der Waals surface area (Å²) < 4.78 is 1.05. The predicted molar refractivity (Wildman–Crippen MR) is 81.6 cm³/mol. The molecular weight excluding hydrogens is 288 g/mol. The number of nitrogens with zero attached hydrogens (tertiary/aromatic N) is 2. The van der Waals surface area contributed by atoms with Crippen molar-refractivity contribution in [2.24, 2.45) is 5.92 Å². The van der Waals surface area contributed by atoms with Gasteiger partial charge in [-0.15, -0.1) is 0 Å². The number of halogens is 1. The lowest BCUT2D eigenvalue weighted by Crippen LogP contribution is -2.36. The molecule has 0 saturated carbocycles. The third-order valence-corrected chi connectivity index (χ3v) is 3.68. The highest BCUT2D eigenvalue weighted by Gasteiger charge is 2.16. The molecule has 0 amide bonds. The van der Waals surface area contributed by atoms with Crippen LogP contribution in [0.1, 0.15) is 46.2 Å². The van der Waals surface area contributed by atoms with Gasteiger partial charge in [0.25, 0.3) is 0 Å². The molecule has 3 heteroatoms. The van der Waals surface area contributed by atoms with E-state index in [4.69, 9.17) is 0 Å². The summed E-state index contributed by atoms with van der Waals surface area (Å²) in [6, 6.07) is 4.85. The van der Waals surface area contributed by atoms with Crippen molar-refractivity contribution in [3.63, 3.8) is 0 Å².